The predicted molar refractivity (Wildman–Crippen MR) is 125 cm³/mol. The zero-order valence-electron chi connectivity index (χ0n) is 17.7. The molecule has 0 aliphatic heterocycles. The van der Waals surface area contributed by atoms with Crippen LogP contribution in [0.1, 0.15) is 42.9 Å². The third-order valence-electron chi connectivity index (χ3n) is 4.51. The smallest absolute Gasteiger partial charge is 0.341 e. The maximum Gasteiger partial charge on any atom is 0.341 e. The lowest BCUT2D eigenvalue weighted by molar-refractivity contribution is 0.0601. The Morgan fingerprint density at radius 1 is 1.00 bits per heavy atom. The Bertz CT molecular complexity index is 1160. The molecule has 1 heterocycles. The second kappa shape index (κ2) is 10.3. The molecule has 0 spiro atoms. The number of rotatable bonds is 7. The van der Waals surface area contributed by atoms with E-state index in [1.54, 1.807) is 55.5 Å². The van der Waals surface area contributed by atoms with Crippen molar-refractivity contribution in [1.29, 1.82) is 0 Å². The van der Waals surface area contributed by atoms with Crippen molar-refractivity contribution in [3.05, 3.63) is 75.1 Å². The Morgan fingerprint density at radius 2 is 1.69 bits per heavy atom. The van der Waals surface area contributed by atoms with Gasteiger partial charge in [0.1, 0.15) is 10.8 Å². The van der Waals surface area contributed by atoms with Gasteiger partial charge in [0, 0.05) is 10.6 Å². The first-order chi connectivity index (χ1) is 15.3. The summed E-state index contributed by atoms with van der Waals surface area (Å²) < 4.78 is 10.4. The molecule has 0 aliphatic rings. The molecule has 0 fully saturated rings. The van der Waals surface area contributed by atoms with Gasteiger partial charge in [0.05, 0.1) is 29.8 Å². The Kier molecular flexibility index (Phi) is 7.50. The van der Waals surface area contributed by atoms with E-state index in [0.717, 1.165) is 11.3 Å². The van der Waals surface area contributed by atoms with Crippen LogP contribution in [0.25, 0.3) is 0 Å². The lowest BCUT2D eigenvalue weighted by Crippen LogP contribution is -2.14. The standard InChI is InChI=1S/C23H21ClN2O5S/c1-4-31-17-8-6-5-7-16(17)25-21(28)19-13(2)18(23(29)30-3)22(32-19)26-20(27)14-9-11-15(24)12-10-14/h5-12H,4H2,1-3H3,(H,25,28)(H,26,27). The molecule has 0 saturated carbocycles. The molecule has 166 valence electrons. The number of benzene rings is 2. The van der Waals surface area contributed by atoms with Crippen LogP contribution in [0, 0.1) is 6.92 Å². The summed E-state index contributed by atoms with van der Waals surface area (Å²) in [5.41, 5.74) is 1.38. The summed E-state index contributed by atoms with van der Waals surface area (Å²) in [5, 5.41) is 6.23. The van der Waals surface area contributed by atoms with Gasteiger partial charge in [-0.2, -0.15) is 0 Å². The van der Waals surface area contributed by atoms with Crippen LogP contribution in [-0.2, 0) is 4.74 Å². The van der Waals surface area contributed by atoms with Crippen LogP contribution < -0.4 is 15.4 Å². The van der Waals surface area contributed by atoms with Crippen LogP contribution in [0.15, 0.2) is 48.5 Å². The Labute approximate surface area is 194 Å². The molecule has 2 aromatic carbocycles. The topological polar surface area (TPSA) is 93.7 Å². The third-order valence-corrected chi connectivity index (χ3v) is 5.97. The normalized spacial score (nSPS) is 10.4. The highest BCUT2D eigenvalue weighted by molar-refractivity contribution is 7.19. The van der Waals surface area contributed by atoms with E-state index in [-0.39, 0.29) is 15.4 Å². The monoisotopic (exact) mass is 472 g/mol. The first-order valence-corrected chi connectivity index (χ1v) is 10.9. The van der Waals surface area contributed by atoms with Crippen molar-refractivity contribution in [3.63, 3.8) is 0 Å². The van der Waals surface area contributed by atoms with Gasteiger partial charge in [-0.25, -0.2) is 4.79 Å². The zero-order chi connectivity index (χ0) is 23.3. The molecular formula is C23H21ClN2O5S. The molecule has 9 heteroatoms. The van der Waals surface area contributed by atoms with Gasteiger partial charge in [-0.1, -0.05) is 23.7 Å². The quantitative estimate of drug-likeness (QED) is 0.449. The van der Waals surface area contributed by atoms with E-state index in [4.69, 9.17) is 21.1 Å². The fraction of sp³-hybridized carbons (Fsp3) is 0.174. The molecule has 0 unspecified atom stereocenters. The van der Waals surface area contributed by atoms with E-state index in [1.165, 1.54) is 7.11 Å². The number of thiophene rings is 1. The van der Waals surface area contributed by atoms with Crippen LogP contribution in [-0.4, -0.2) is 31.5 Å². The minimum atomic E-state index is -0.654. The van der Waals surface area contributed by atoms with Crippen molar-refractivity contribution in [1.82, 2.24) is 0 Å². The van der Waals surface area contributed by atoms with Gasteiger partial charge in [-0.05, 0) is 55.8 Å². The average molecular weight is 473 g/mol. The number of nitrogens with one attached hydrogen (secondary N) is 2. The highest BCUT2D eigenvalue weighted by Gasteiger charge is 2.27. The van der Waals surface area contributed by atoms with Gasteiger partial charge in [0.25, 0.3) is 11.8 Å². The van der Waals surface area contributed by atoms with E-state index in [0.29, 0.717) is 34.2 Å². The third kappa shape index (κ3) is 5.09. The van der Waals surface area contributed by atoms with Gasteiger partial charge >= 0.3 is 5.97 Å². The summed E-state index contributed by atoms with van der Waals surface area (Å²) in [6, 6.07) is 13.3. The van der Waals surface area contributed by atoms with Gasteiger partial charge < -0.3 is 20.1 Å². The number of halogens is 1. The number of carbonyl (C=O) groups is 3. The fourth-order valence-electron chi connectivity index (χ4n) is 2.97. The molecule has 3 rings (SSSR count). The molecule has 1 aromatic heterocycles. The van der Waals surface area contributed by atoms with Crippen LogP contribution in [0.4, 0.5) is 10.7 Å². The van der Waals surface area contributed by atoms with E-state index in [1.807, 2.05) is 6.92 Å². The summed E-state index contributed by atoms with van der Waals surface area (Å²) in [6.45, 7) is 3.92. The van der Waals surface area contributed by atoms with Gasteiger partial charge in [0.2, 0.25) is 0 Å². The predicted octanol–water partition coefficient (Wildman–Crippen LogP) is 5.40. The molecular weight excluding hydrogens is 452 g/mol. The highest BCUT2D eigenvalue weighted by Crippen LogP contribution is 2.35. The molecule has 0 aliphatic carbocycles. The largest absolute Gasteiger partial charge is 0.492 e. The van der Waals surface area contributed by atoms with Gasteiger partial charge in [-0.3, -0.25) is 9.59 Å². The highest BCUT2D eigenvalue weighted by atomic mass is 35.5. The average Bonchev–Trinajstić information content (AvgIpc) is 3.11. The van der Waals surface area contributed by atoms with Crippen molar-refractivity contribution in [3.8, 4) is 5.75 Å². The summed E-state index contributed by atoms with van der Waals surface area (Å²) in [7, 11) is 1.24. The van der Waals surface area contributed by atoms with E-state index in [2.05, 4.69) is 10.6 Å². The lowest BCUT2D eigenvalue weighted by Gasteiger charge is -2.11. The van der Waals surface area contributed by atoms with Crippen LogP contribution in [0.5, 0.6) is 5.75 Å². The zero-order valence-corrected chi connectivity index (χ0v) is 19.2. The van der Waals surface area contributed by atoms with Gasteiger partial charge in [0.15, 0.2) is 0 Å². The number of ether oxygens (including phenoxy) is 2. The van der Waals surface area contributed by atoms with Crippen LogP contribution in [0.2, 0.25) is 5.02 Å². The Morgan fingerprint density at radius 3 is 2.34 bits per heavy atom. The fourth-order valence-corrected chi connectivity index (χ4v) is 4.18. The van der Waals surface area contributed by atoms with Crippen LogP contribution in [0.3, 0.4) is 0 Å². The van der Waals surface area contributed by atoms with Crippen molar-refractivity contribution >= 4 is 51.4 Å². The second-order valence-electron chi connectivity index (χ2n) is 6.60. The molecule has 7 nitrogen and oxygen atoms in total. The summed E-state index contributed by atoms with van der Waals surface area (Å²) in [6.07, 6.45) is 0. The minimum absolute atomic E-state index is 0.128. The SMILES string of the molecule is CCOc1ccccc1NC(=O)c1sc(NC(=O)c2ccc(Cl)cc2)c(C(=O)OC)c1C. The van der Waals surface area contributed by atoms with Crippen molar-refractivity contribution in [2.75, 3.05) is 24.4 Å². The van der Waals surface area contributed by atoms with E-state index < -0.39 is 17.8 Å². The number of methoxy groups -OCH3 is 1. The summed E-state index contributed by atoms with van der Waals surface area (Å²) in [5.74, 6) is -1.00. The van der Waals surface area contributed by atoms with Crippen LogP contribution >= 0.6 is 22.9 Å². The molecule has 0 atom stereocenters. The number of hydrogen-bond donors (Lipinski definition) is 2. The maximum absolute atomic E-state index is 13.0. The first-order valence-electron chi connectivity index (χ1n) is 9.67. The minimum Gasteiger partial charge on any atom is -0.492 e. The number of para-hydroxylation sites is 2. The number of hydrogen-bond acceptors (Lipinski definition) is 6. The second-order valence-corrected chi connectivity index (χ2v) is 8.05. The van der Waals surface area contributed by atoms with Crippen molar-refractivity contribution in [2.45, 2.75) is 13.8 Å². The number of carbonyl (C=O) groups excluding carboxylic acids is 3. The first kappa shape index (κ1) is 23.3. The van der Waals surface area contributed by atoms with Crippen molar-refractivity contribution < 1.29 is 23.9 Å². The number of esters is 1. The Balaban J connectivity index is 1.93. The maximum atomic E-state index is 13.0. The molecule has 0 saturated heterocycles. The molecule has 2 N–H and O–H groups in total. The van der Waals surface area contributed by atoms with E-state index >= 15 is 0 Å². The van der Waals surface area contributed by atoms with E-state index in [9.17, 15) is 14.4 Å². The number of amides is 2. The summed E-state index contributed by atoms with van der Waals surface area (Å²) >= 11 is 6.87. The Hall–Kier alpha value is -3.36. The number of anilines is 2. The molecule has 32 heavy (non-hydrogen) atoms. The molecule has 2 amide bonds. The molecule has 0 bridgehead atoms. The summed E-state index contributed by atoms with van der Waals surface area (Å²) in [4.78, 5) is 38.4. The molecule has 0 radical (unpaired) electrons. The van der Waals surface area contributed by atoms with Crippen molar-refractivity contribution in [2.24, 2.45) is 0 Å². The lowest BCUT2D eigenvalue weighted by atomic mass is 10.1. The van der Waals surface area contributed by atoms with Gasteiger partial charge in [-0.15, -0.1) is 11.3 Å². The molecule has 3 aromatic rings.